The van der Waals surface area contributed by atoms with Gasteiger partial charge in [-0.15, -0.1) is 0 Å². The molecule has 0 aromatic carbocycles. The number of hydrogen-bond acceptors (Lipinski definition) is 3. The predicted molar refractivity (Wildman–Crippen MR) is 43.8 cm³/mol. The van der Waals surface area contributed by atoms with Gasteiger partial charge in [-0.05, 0) is 0 Å². The molecule has 0 saturated carbocycles. The molecule has 4 nitrogen and oxygen atoms in total. The van der Waals surface area contributed by atoms with Crippen LogP contribution in [-0.2, 0) is 27.6 Å². The molecule has 8 heteroatoms. The normalized spacial score (nSPS) is 14.1. The molecular weight excluding hydrogens is 410 g/mol. The summed E-state index contributed by atoms with van der Waals surface area (Å²) < 4.78 is 34.1. The molecule has 0 aliphatic heterocycles. The first-order chi connectivity index (χ1) is 5.12. The van der Waals surface area contributed by atoms with Gasteiger partial charge in [0.1, 0.15) is 0 Å². The van der Waals surface area contributed by atoms with Gasteiger partial charge in [0.2, 0.25) is 0 Å². The molecule has 1 N–H and O–H groups in total. The van der Waals surface area contributed by atoms with Crippen molar-refractivity contribution in [2.75, 3.05) is 0 Å². The van der Waals surface area contributed by atoms with E-state index in [1.165, 1.54) is 4.47 Å². The van der Waals surface area contributed by atoms with E-state index >= 15 is 0 Å². The van der Waals surface area contributed by atoms with Crippen LogP contribution < -0.4 is 0 Å². The van der Waals surface area contributed by atoms with Crippen LogP contribution in [0.15, 0.2) is 10.0 Å². The third kappa shape index (κ3) is 7.52. The molecule has 0 aliphatic carbocycles. The molecule has 0 heterocycles. The summed E-state index contributed by atoms with van der Waals surface area (Å²) in [5.41, 5.74) is 0.736. The van der Waals surface area contributed by atoms with Crippen LogP contribution in [0.2, 0.25) is 0 Å². The molecule has 0 rings (SSSR count). The molecule has 0 radical (unpaired) electrons. The van der Waals surface area contributed by atoms with E-state index in [9.17, 15) is 8.42 Å². The summed E-state index contributed by atoms with van der Waals surface area (Å²) in [7, 11) is 6.49. The average Bonchev–Trinajstić information content (AvgIpc) is 1.48. The van der Waals surface area contributed by atoms with Crippen LogP contribution in [0.1, 0.15) is 13.8 Å². The monoisotopic (exact) mass is 417 g/mol. The summed E-state index contributed by atoms with van der Waals surface area (Å²) >= 11 is -3.88. The first-order valence-electron chi connectivity index (χ1n) is 2.52. The molecular formula is C4H8Cl2O4PtS-2. The Kier molecular flexibility index (Phi) is 4.72. The van der Waals surface area contributed by atoms with Gasteiger partial charge in [-0.2, -0.15) is 0 Å². The van der Waals surface area contributed by atoms with Crippen LogP contribution in [0.5, 0.6) is 0 Å². The Bertz CT molecular complexity index is 279. The van der Waals surface area contributed by atoms with Crippen LogP contribution in [0.25, 0.3) is 0 Å². The second-order valence-electron chi connectivity index (χ2n) is 2.00. The van der Waals surface area contributed by atoms with Gasteiger partial charge < -0.3 is 0 Å². The maximum atomic E-state index is 10.2. The molecule has 0 aliphatic rings. The third-order valence-electron chi connectivity index (χ3n) is 0.426. The standard InChI is InChI=1S/C4H7.2ClH.H2O4S.Pt/c1-4(2)3;;;1-5(2,3)4;/h1H,2-3H3;2*1H;(H2,1,2,3,4);/q;;;;+1/p-3. The number of hydrogen-bond donors (Lipinski definition) is 1. The quantitative estimate of drug-likeness (QED) is 0.714. The second-order valence-corrected chi connectivity index (χ2v) is 14.1. The van der Waals surface area contributed by atoms with Gasteiger partial charge in [0.25, 0.3) is 0 Å². The molecule has 0 unspecified atom stereocenters. The van der Waals surface area contributed by atoms with Gasteiger partial charge in [0, 0.05) is 0 Å². The Morgan fingerprint density at radius 3 is 2.17 bits per heavy atom. The van der Waals surface area contributed by atoms with Crippen molar-refractivity contribution in [1.29, 1.82) is 0 Å². The fraction of sp³-hybridized carbons (Fsp3) is 0.500. The molecule has 80 valence electrons. The third-order valence-corrected chi connectivity index (χ3v) is 8.81. The second kappa shape index (κ2) is 4.40. The minimum atomic E-state index is -4.56. The minimum absolute atomic E-state index is 0.736. The predicted octanol–water partition coefficient (Wildman–Crippen LogP) is 2.11. The molecule has 0 spiro atoms. The van der Waals surface area contributed by atoms with Crippen LogP contribution in [0, 0.1) is 0 Å². The number of halogens is 2. The average molecular weight is 418 g/mol. The number of allylic oxidation sites excluding steroid dienone is 1. The molecule has 0 saturated heterocycles. The van der Waals surface area contributed by atoms with E-state index in [0.717, 1.165) is 5.57 Å². The Balaban J connectivity index is 4.56. The Hall–Kier alpha value is 0.878. The van der Waals surface area contributed by atoms with E-state index in [4.69, 9.17) is 23.4 Å². The molecule has 12 heavy (non-hydrogen) atoms. The van der Waals surface area contributed by atoms with Gasteiger partial charge in [0.15, 0.2) is 0 Å². The Labute approximate surface area is 83.0 Å². The van der Waals surface area contributed by atoms with Crippen molar-refractivity contribution in [3.63, 3.8) is 0 Å². The van der Waals surface area contributed by atoms with Gasteiger partial charge in [-0.25, -0.2) is 0 Å². The van der Waals surface area contributed by atoms with Crippen LogP contribution in [0.4, 0.5) is 0 Å². The first kappa shape index (κ1) is 12.9. The van der Waals surface area contributed by atoms with E-state index in [0.29, 0.717) is 0 Å². The van der Waals surface area contributed by atoms with E-state index < -0.39 is 24.8 Å². The molecule has 0 aromatic heterocycles. The van der Waals surface area contributed by atoms with Gasteiger partial charge in [0.05, 0.1) is 0 Å². The summed E-state index contributed by atoms with van der Waals surface area (Å²) in [5.74, 6) is 0. The van der Waals surface area contributed by atoms with E-state index in [1.807, 2.05) is 0 Å². The van der Waals surface area contributed by atoms with Crippen LogP contribution >= 0.6 is 18.8 Å². The molecule has 0 atom stereocenters. The van der Waals surface area contributed by atoms with E-state index in [-0.39, 0.29) is 0 Å². The van der Waals surface area contributed by atoms with Crippen molar-refractivity contribution in [2.24, 2.45) is 0 Å². The summed E-state index contributed by atoms with van der Waals surface area (Å²) in [6.45, 7) is 3.38. The SMILES string of the molecule is CC(C)=[CH][Pt-2]([Cl])([Cl])[O]S(=O)(=O)O. The zero-order valence-electron chi connectivity index (χ0n) is 6.23. The zero-order chi connectivity index (χ0) is 9.99. The van der Waals surface area contributed by atoms with Crippen LogP contribution in [0.3, 0.4) is 0 Å². The summed E-state index contributed by atoms with van der Waals surface area (Å²) in [6, 6.07) is 0. The fourth-order valence-corrected chi connectivity index (χ4v) is 9.03. The summed E-state index contributed by atoms with van der Waals surface area (Å²) in [5, 5.41) is 0. The van der Waals surface area contributed by atoms with Crippen LogP contribution in [-0.4, -0.2) is 13.0 Å². The number of rotatable bonds is 3. The van der Waals surface area contributed by atoms with Gasteiger partial charge >= 0.3 is 83.3 Å². The topological polar surface area (TPSA) is 63.6 Å². The van der Waals surface area contributed by atoms with Crippen molar-refractivity contribution in [2.45, 2.75) is 13.8 Å². The Morgan fingerprint density at radius 1 is 1.50 bits per heavy atom. The van der Waals surface area contributed by atoms with Crippen molar-refractivity contribution in [3.05, 3.63) is 10.0 Å². The van der Waals surface area contributed by atoms with E-state index in [1.54, 1.807) is 13.8 Å². The molecule has 0 bridgehead atoms. The van der Waals surface area contributed by atoms with Crippen molar-refractivity contribution in [3.8, 4) is 0 Å². The maximum absolute atomic E-state index is 10.2. The first-order valence-corrected chi connectivity index (χ1v) is 11.8. The molecule has 0 amide bonds. The van der Waals surface area contributed by atoms with Crippen molar-refractivity contribution < 1.29 is 30.2 Å². The molecule has 0 fully saturated rings. The van der Waals surface area contributed by atoms with Crippen molar-refractivity contribution >= 4 is 29.2 Å². The van der Waals surface area contributed by atoms with E-state index in [2.05, 4.69) is 2.84 Å². The van der Waals surface area contributed by atoms with Gasteiger partial charge in [-0.1, -0.05) is 0 Å². The summed E-state index contributed by atoms with van der Waals surface area (Å²) in [4.78, 5) is 0. The van der Waals surface area contributed by atoms with Crippen molar-refractivity contribution in [1.82, 2.24) is 0 Å². The molecule has 0 aromatic rings. The fourth-order valence-electron chi connectivity index (χ4n) is 0.317. The van der Waals surface area contributed by atoms with Gasteiger partial charge in [-0.3, -0.25) is 0 Å². The zero-order valence-corrected chi connectivity index (χ0v) is 10.8. The summed E-state index contributed by atoms with van der Waals surface area (Å²) in [6.07, 6.45) is 0. The Morgan fingerprint density at radius 2 is 1.92 bits per heavy atom.